The molecule has 7 nitrogen and oxygen atoms in total. The highest BCUT2D eigenvalue weighted by Gasteiger charge is 2.04. The molecule has 2 rings (SSSR count). The van der Waals surface area contributed by atoms with Gasteiger partial charge in [0, 0.05) is 17.8 Å². The topological polar surface area (TPSA) is 94.1 Å². The fourth-order valence-electron chi connectivity index (χ4n) is 2.12. The van der Waals surface area contributed by atoms with E-state index in [9.17, 15) is 9.59 Å². The van der Waals surface area contributed by atoms with Crippen molar-refractivity contribution in [2.24, 2.45) is 0 Å². The van der Waals surface area contributed by atoms with Crippen LogP contribution in [-0.2, 0) is 9.59 Å². The van der Waals surface area contributed by atoms with Crippen LogP contribution in [0.1, 0.15) is 5.56 Å². The van der Waals surface area contributed by atoms with Crippen LogP contribution in [0.2, 0.25) is 0 Å². The SMILES string of the molecule is COc1ccc(/C=C/C(=O)Nc2cccc(OCC(=O)O)c2)cc1OC. The quantitative estimate of drug-likeness (QED) is 0.706. The van der Waals surface area contributed by atoms with Crippen molar-refractivity contribution in [2.45, 2.75) is 0 Å². The number of amides is 1. The fraction of sp³-hybridized carbons (Fsp3) is 0.158. The summed E-state index contributed by atoms with van der Waals surface area (Å²) in [5.41, 5.74) is 1.27. The van der Waals surface area contributed by atoms with E-state index in [1.165, 1.54) is 13.2 Å². The van der Waals surface area contributed by atoms with E-state index in [0.29, 0.717) is 22.9 Å². The van der Waals surface area contributed by atoms with Crippen LogP contribution in [0.5, 0.6) is 17.2 Å². The van der Waals surface area contributed by atoms with E-state index in [1.54, 1.807) is 55.7 Å². The molecule has 0 fully saturated rings. The van der Waals surface area contributed by atoms with E-state index in [-0.39, 0.29) is 5.91 Å². The number of ether oxygens (including phenoxy) is 3. The third-order valence-electron chi connectivity index (χ3n) is 3.30. The second-order valence-corrected chi connectivity index (χ2v) is 5.15. The minimum atomic E-state index is -1.07. The summed E-state index contributed by atoms with van der Waals surface area (Å²) >= 11 is 0. The van der Waals surface area contributed by atoms with Gasteiger partial charge in [0.05, 0.1) is 14.2 Å². The van der Waals surface area contributed by atoms with Gasteiger partial charge < -0.3 is 24.6 Å². The number of nitrogens with one attached hydrogen (secondary N) is 1. The molecule has 0 saturated carbocycles. The summed E-state index contributed by atoms with van der Waals surface area (Å²) in [5, 5.41) is 11.3. The first-order valence-electron chi connectivity index (χ1n) is 7.67. The van der Waals surface area contributed by atoms with E-state index >= 15 is 0 Å². The lowest BCUT2D eigenvalue weighted by atomic mass is 10.2. The Morgan fingerprint density at radius 1 is 1.08 bits per heavy atom. The number of methoxy groups -OCH3 is 2. The van der Waals surface area contributed by atoms with E-state index < -0.39 is 12.6 Å². The van der Waals surface area contributed by atoms with Crippen LogP contribution in [0.15, 0.2) is 48.5 Å². The number of rotatable bonds is 8. The molecule has 0 aliphatic carbocycles. The van der Waals surface area contributed by atoms with E-state index in [1.807, 2.05) is 0 Å². The van der Waals surface area contributed by atoms with Crippen LogP contribution in [0.3, 0.4) is 0 Å². The maximum absolute atomic E-state index is 12.1. The lowest BCUT2D eigenvalue weighted by molar-refractivity contribution is -0.139. The number of carbonyl (C=O) groups excluding carboxylic acids is 1. The van der Waals surface area contributed by atoms with Crippen molar-refractivity contribution in [2.75, 3.05) is 26.1 Å². The van der Waals surface area contributed by atoms with Gasteiger partial charge in [-0.15, -0.1) is 0 Å². The smallest absolute Gasteiger partial charge is 0.341 e. The van der Waals surface area contributed by atoms with Gasteiger partial charge in [-0.25, -0.2) is 4.79 Å². The lowest BCUT2D eigenvalue weighted by Crippen LogP contribution is -2.10. The number of aliphatic carboxylic acids is 1. The van der Waals surface area contributed by atoms with Crippen LogP contribution in [-0.4, -0.2) is 37.8 Å². The van der Waals surface area contributed by atoms with Gasteiger partial charge in [0.1, 0.15) is 5.75 Å². The standard InChI is InChI=1S/C19H19NO6/c1-24-16-8-6-13(10-17(16)25-2)7-9-18(21)20-14-4-3-5-15(11-14)26-12-19(22)23/h3-11H,12H2,1-2H3,(H,20,21)(H,22,23)/b9-7+. The molecule has 2 aromatic rings. The van der Waals surface area contributed by atoms with Crippen molar-refractivity contribution < 1.29 is 28.9 Å². The van der Waals surface area contributed by atoms with E-state index in [4.69, 9.17) is 19.3 Å². The number of hydrogen-bond donors (Lipinski definition) is 2. The Morgan fingerprint density at radius 2 is 1.85 bits per heavy atom. The second kappa shape index (κ2) is 9.12. The number of benzene rings is 2. The summed E-state index contributed by atoms with van der Waals surface area (Å²) in [4.78, 5) is 22.6. The highest BCUT2D eigenvalue weighted by molar-refractivity contribution is 6.02. The Hall–Kier alpha value is -3.48. The predicted octanol–water partition coefficient (Wildman–Crippen LogP) is 2.82. The molecule has 0 saturated heterocycles. The average Bonchev–Trinajstić information content (AvgIpc) is 2.64. The van der Waals surface area contributed by atoms with Gasteiger partial charge in [0.15, 0.2) is 18.1 Å². The molecule has 0 aliphatic heterocycles. The molecule has 136 valence electrons. The molecule has 0 spiro atoms. The predicted molar refractivity (Wildman–Crippen MR) is 96.8 cm³/mol. The largest absolute Gasteiger partial charge is 0.493 e. The van der Waals surface area contributed by atoms with Gasteiger partial charge in [-0.2, -0.15) is 0 Å². The monoisotopic (exact) mass is 357 g/mol. The van der Waals surface area contributed by atoms with Crippen molar-refractivity contribution in [3.63, 3.8) is 0 Å². The number of carboxylic acids is 1. The molecule has 0 heterocycles. The third-order valence-corrected chi connectivity index (χ3v) is 3.30. The Bertz CT molecular complexity index is 815. The average molecular weight is 357 g/mol. The fourth-order valence-corrected chi connectivity index (χ4v) is 2.12. The number of hydrogen-bond acceptors (Lipinski definition) is 5. The van der Waals surface area contributed by atoms with Crippen LogP contribution >= 0.6 is 0 Å². The summed E-state index contributed by atoms with van der Waals surface area (Å²) in [6.45, 7) is -0.448. The molecule has 7 heteroatoms. The second-order valence-electron chi connectivity index (χ2n) is 5.15. The lowest BCUT2D eigenvalue weighted by Gasteiger charge is -2.08. The molecule has 0 bridgehead atoms. The maximum Gasteiger partial charge on any atom is 0.341 e. The zero-order valence-electron chi connectivity index (χ0n) is 14.4. The summed E-state index contributed by atoms with van der Waals surface area (Å²) in [6.07, 6.45) is 3.02. The van der Waals surface area contributed by atoms with Gasteiger partial charge in [-0.1, -0.05) is 12.1 Å². The molecular weight excluding hydrogens is 338 g/mol. The summed E-state index contributed by atoms with van der Waals surface area (Å²) < 4.78 is 15.5. The zero-order valence-corrected chi connectivity index (χ0v) is 14.4. The number of carboxylic acid groups (broad SMARTS) is 1. The molecule has 0 aromatic heterocycles. The molecule has 2 aromatic carbocycles. The highest BCUT2D eigenvalue weighted by Crippen LogP contribution is 2.28. The Labute approximate surface area is 150 Å². The molecular formula is C19H19NO6. The Kier molecular flexibility index (Phi) is 6.61. The van der Waals surface area contributed by atoms with Gasteiger partial charge in [-0.05, 0) is 35.9 Å². The van der Waals surface area contributed by atoms with Crippen molar-refractivity contribution in [3.05, 3.63) is 54.1 Å². The summed E-state index contributed by atoms with van der Waals surface area (Å²) in [5.74, 6) is 0.118. The van der Waals surface area contributed by atoms with Crippen LogP contribution in [0.25, 0.3) is 6.08 Å². The van der Waals surface area contributed by atoms with Crippen molar-refractivity contribution in [1.82, 2.24) is 0 Å². The third kappa shape index (κ3) is 5.55. The summed E-state index contributed by atoms with van der Waals surface area (Å²) in [7, 11) is 3.09. The molecule has 0 aliphatic rings. The Morgan fingerprint density at radius 3 is 2.54 bits per heavy atom. The maximum atomic E-state index is 12.1. The van der Waals surface area contributed by atoms with Crippen LogP contribution in [0, 0.1) is 0 Å². The van der Waals surface area contributed by atoms with Gasteiger partial charge in [0.2, 0.25) is 5.91 Å². The van der Waals surface area contributed by atoms with Crippen molar-refractivity contribution >= 4 is 23.6 Å². The minimum absolute atomic E-state index is 0.338. The highest BCUT2D eigenvalue weighted by atomic mass is 16.5. The Balaban J connectivity index is 2.01. The van der Waals surface area contributed by atoms with E-state index in [0.717, 1.165) is 5.56 Å². The zero-order chi connectivity index (χ0) is 18.9. The van der Waals surface area contributed by atoms with Crippen molar-refractivity contribution in [3.8, 4) is 17.2 Å². The van der Waals surface area contributed by atoms with Gasteiger partial charge >= 0.3 is 5.97 Å². The number of carbonyl (C=O) groups is 2. The van der Waals surface area contributed by atoms with Gasteiger partial charge in [-0.3, -0.25) is 4.79 Å². The molecule has 0 unspecified atom stereocenters. The molecule has 2 N–H and O–H groups in total. The molecule has 0 radical (unpaired) electrons. The van der Waals surface area contributed by atoms with Crippen LogP contribution < -0.4 is 19.5 Å². The van der Waals surface area contributed by atoms with E-state index in [2.05, 4.69) is 5.32 Å². The first-order valence-corrected chi connectivity index (χ1v) is 7.67. The van der Waals surface area contributed by atoms with Crippen LogP contribution in [0.4, 0.5) is 5.69 Å². The first-order chi connectivity index (χ1) is 12.5. The molecule has 26 heavy (non-hydrogen) atoms. The normalized spacial score (nSPS) is 10.4. The summed E-state index contributed by atoms with van der Waals surface area (Å²) in [6, 6.07) is 11.8. The first kappa shape index (κ1) is 18.9. The van der Waals surface area contributed by atoms with Gasteiger partial charge in [0.25, 0.3) is 0 Å². The number of anilines is 1. The minimum Gasteiger partial charge on any atom is -0.493 e. The molecule has 1 amide bonds. The van der Waals surface area contributed by atoms with Crippen molar-refractivity contribution in [1.29, 1.82) is 0 Å². The molecule has 0 atom stereocenters.